The van der Waals surface area contributed by atoms with E-state index in [2.05, 4.69) is 5.32 Å². The van der Waals surface area contributed by atoms with Crippen LogP contribution in [-0.2, 0) is 4.79 Å². The van der Waals surface area contributed by atoms with Gasteiger partial charge in [-0.25, -0.2) is 4.79 Å². The molecule has 0 radical (unpaired) electrons. The first-order valence-electron chi connectivity index (χ1n) is 6.17. The van der Waals surface area contributed by atoms with Gasteiger partial charge in [-0.05, 0) is 49.3 Å². The van der Waals surface area contributed by atoms with Gasteiger partial charge in [0.15, 0.2) is 0 Å². The van der Waals surface area contributed by atoms with Crippen LogP contribution in [0.5, 0.6) is 0 Å². The molecule has 0 bridgehead atoms. The van der Waals surface area contributed by atoms with Gasteiger partial charge in [-0.3, -0.25) is 4.79 Å². The van der Waals surface area contributed by atoms with Gasteiger partial charge in [0.2, 0.25) is 5.91 Å². The van der Waals surface area contributed by atoms with E-state index in [1.807, 2.05) is 6.92 Å². The van der Waals surface area contributed by atoms with Crippen molar-refractivity contribution < 1.29 is 14.7 Å². The van der Waals surface area contributed by atoms with Gasteiger partial charge in [-0.2, -0.15) is 0 Å². The summed E-state index contributed by atoms with van der Waals surface area (Å²) < 4.78 is 0. The summed E-state index contributed by atoms with van der Waals surface area (Å²) in [5, 5.41) is 11.8. The Kier molecular flexibility index (Phi) is 2.24. The molecule has 1 aromatic rings. The highest BCUT2D eigenvalue weighted by atomic mass is 16.4. The van der Waals surface area contributed by atoms with E-state index >= 15 is 0 Å². The van der Waals surface area contributed by atoms with Crippen LogP contribution in [0.25, 0.3) is 0 Å². The number of hydrogen-bond donors (Lipinski definition) is 2. The highest BCUT2D eigenvalue weighted by molar-refractivity contribution is 5.97. The smallest absolute Gasteiger partial charge is 0.335 e. The molecule has 0 aliphatic heterocycles. The first kappa shape index (κ1) is 11.3. The summed E-state index contributed by atoms with van der Waals surface area (Å²) >= 11 is 0. The van der Waals surface area contributed by atoms with E-state index in [1.54, 1.807) is 12.1 Å². The number of carbonyl (C=O) groups excluding carboxylic acids is 1. The number of carbonyl (C=O) groups is 2. The van der Waals surface area contributed by atoms with Crippen molar-refractivity contribution in [3.8, 4) is 0 Å². The van der Waals surface area contributed by atoms with Crippen LogP contribution in [0.15, 0.2) is 18.2 Å². The molecule has 94 valence electrons. The minimum Gasteiger partial charge on any atom is -0.478 e. The van der Waals surface area contributed by atoms with Crippen molar-refractivity contribution >= 4 is 17.6 Å². The van der Waals surface area contributed by atoms with E-state index < -0.39 is 5.97 Å². The van der Waals surface area contributed by atoms with E-state index in [1.165, 1.54) is 18.9 Å². The minimum atomic E-state index is -0.976. The van der Waals surface area contributed by atoms with Gasteiger partial charge in [-0.15, -0.1) is 0 Å². The van der Waals surface area contributed by atoms with Gasteiger partial charge in [0.1, 0.15) is 0 Å². The van der Waals surface area contributed by atoms with Crippen molar-refractivity contribution in [2.45, 2.75) is 26.2 Å². The number of aryl methyl sites for hydroxylation is 1. The van der Waals surface area contributed by atoms with E-state index in [9.17, 15) is 9.59 Å². The Balaban J connectivity index is 1.77. The number of rotatable bonds is 3. The van der Waals surface area contributed by atoms with Gasteiger partial charge in [0.25, 0.3) is 0 Å². The molecule has 2 aliphatic carbocycles. The zero-order valence-corrected chi connectivity index (χ0v) is 10.2. The maximum Gasteiger partial charge on any atom is 0.335 e. The molecule has 1 aromatic carbocycles. The molecule has 4 nitrogen and oxygen atoms in total. The maximum atomic E-state index is 12.0. The summed E-state index contributed by atoms with van der Waals surface area (Å²) in [4.78, 5) is 22.9. The van der Waals surface area contributed by atoms with Crippen LogP contribution in [0, 0.1) is 18.3 Å². The molecule has 1 unspecified atom stereocenters. The van der Waals surface area contributed by atoms with Gasteiger partial charge < -0.3 is 10.4 Å². The van der Waals surface area contributed by atoms with Crippen LogP contribution >= 0.6 is 0 Å². The highest BCUT2D eigenvalue weighted by Gasteiger charge is 2.65. The Bertz CT molecular complexity index is 546. The fraction of sp³-hybridized carbons (Fsp3) is 0.429. The maximum absolute atomic E-state index is 12.0. The molecule has 0 saturated heterocycles. The Morgan fingerprint density at radius 1 is 1.39 bits per heavy atom. The first-order chi connectivity index (χ1) is 8.52. The van der Waals surface area contributed by atoms with Crippen LogP contribution in [0.4, 0.5) is 5.69 Å². The monoisotopic (exact) mass is 245 g/mol. The molecule has 1 spiro atoms. The summed E-state index contributed by atoms with van der Waals surface area (Å²) in [6.07, 6.45) is 3.33. The van der Waals surface area contributed by atoms with Gasteiger partial charge in [0, 0.05) is 11.6 Å². The molecule has 18 heavy (non-hydrogen) atoms. The molecule has 4 heteroatoms. The molecule has 2 fully saturated rings. The lowest BCUT2D eigenvalue weighted by molar-refractivity contribution is -0.117. The van der Waals surface area contributed by atoms with Crippen LogP contribution in [0.3, 0.4) is 0 Å². The van der Waals surface area contributed by atoms with Crippen molar-refractivity contribution in [3.63, 3.8) is 0 Å². The second-order valence-corrected chi connectivity index (χ2v) is 5.44. The zero-order chi connectivity index (χ0) is 12.9. The van der Waals surface area contributed by atoms with Crippen molar-refractivity contribution in [2.75, 3.05) is 5.32 Å². The molecule has 2 aliphatic rings. The fourth-order valence-electron chi connectivity index (χ4n) is 2.54. The van der Waals surface area contributed by atoms with Crippen LogP contribution in [0.1, 0.15) is 35.2 Å². The summed E-state index contributed by atoms with van der Waals surface area (Å²) in [6.45, 7) is 1.86. The molecule has 1 atom stereocenters. The Labute approximate surface area is 105 Å². The summed E-state index contributed by atoms with van der Waals surface area (Å²) in [5.74, 6) is -0.792. The molecular formula is C14H15NO3. The third-order valence-corrected chi connectivity index (χ3v) is 4.14. The zero-order valence-electron chi connectivity index (χ0n) is 10.2. The number of hydrogen-bond acceptors (Lipinski definition) is 2. The standard InChI is InChI=1S/C14H15NO3/c1-8-2-3-9(13(17)18)6-11(8)15-12(16)10-7-14(10)4-5-14/h2-3,6,10H,4-5,7H2,1H3,(H,15,16)(H,17,18). The normalized spacial score (nSPS) is 22.6. The molecule has 0 aromatic heterocycles. The van der Waals surface area contributed by atoms with Gasteiger partial charge >= 0.3 is 5.97 Å². The van der Waals surface area contributed by atoms with Crippen molar-refractivity contribution in [1.82, 2.24) is 0 Å². The molecule has 1 amide bonds. The van der Waals surface area contributed by atoms with Gasteiger partial charge in [0.05, 0.1) is 5.56 Å². The van der Waals surface area contributed by atoms with Crippen molar-refractivity contribution in [3.05, 3.63) is 29.3 Å². The number of benzene rings is 1. The number of nitrogens with one attached hydrogen (secondary N) is 1. The molecule has 2 saturated carbocycles. The van der Waals surface area contributed by atoms with Crippen LogP contribution in [0.2, 0.25) is 0 Å². The average molecular weight is 245 g/mol. The van der Waals surface area contributed by atoms with E-state index in [4.69, 9.17) is 5.11 Å². The summed E-state index contributed by atoms with van der Waals surface area (Å²) in [6, 6.07) is 4.79. The van der Waals surface area contributed by atoms with Crippen molar-refractivity contribution in [2.24, 2.45) is 11.3 Å². The van der Waals surface area contributed by atoms with E-state index in [-0.39, 0.29) is 17.4 Å². The lowest BCUT2D eigenvalue weighted by Gasteiger charge is -2.09. The number of anilines is 1. The van der Waals surface area contributed by atoms with Crippen molar-refractivity contribution in [1.29, 1.82) is 0 Å². The molecule has 2 N–H and O–H groups in total. The largest absolute Gasteiger partial charge is 0.478 e. The van der Waals surface area contributed by atoms with Crippen LogP contribution in [-0.4, -0.2) is 17.0 Å². The van der Waals surface area contributed by atoms with Crippen LogP contribution < -0.4 is 5.32 Å². The molecule has 3 rings (SSSR count). The number of aromatic carboxylic acids is 1. The van der Waals surface area contributed by atoms with E-state index in [0.717, 1.165) is 12.0 Å². The number of amides is 1. The lowest BCUT2D eigenvalue weighted by Crippen LogP contribution is -2.16. The number of carboxylic acids is 1. The topological polar surface area (TPSA) is 66.4 Å². The quantitative estimate of drug-likeness (QED) is 0.859. The second kappa shape index (κ2) is 3.57. The fourth-order valence-corrected chi connectivity index (χ4v) is 2.54. The Morgan fingerprint density at radius 2 is 2.11 bits per heavy atom. The van der Waals surface area contributed by atoms with Gasteiger partial charge in [-0.1, -0.05) is 6.07 Å². The molecule has 0 heterocycles. The predicted octanol–water partition coefficient (Wildman–Crippen LogP) is 2.43. The third kappa shape index (κ3) is 1.78. The second-order valence-electron chi connectivity index (χ2n) is 5.44. The molecular weight excluding hydrogens is 230 g/mol. The lowest BCUT2D eigenvalue weighted by atomic mass is 10.1. The average Bonchev–Trinajstić information content (AvgIpc) is 3.22. The summed E-state index contributed by atoms with van der Waals surface area (Å²) in [7, 11) is 0. The third-order valence-electron chi connectivity index (χ3n) is 4.14. The highest BCUT2D eigenvalue weighted by Crippen LogP contribution is 2.70. The SMILES string of the molecule is Cc1ccc(C(=O)O)cc1NC(=O)C1CC12CC2. The first-order valence-corrected chi connectivity index (χ1v) is 6.17. The minimum absolute atomic E-state index is 0.0399. The Morgan fingerprint density at radius 3 is 2.67 bits per heavy atom. The Hall–Kier alpha value is -1.84. The number of carboxylic acid groups (broad SMARTS) is 1. The summed E-state index contributed by atoms with van der Waals surface area (Å²) in [5.41, 5.74) is 2.02. The van der Waals surface area contributed by atoms with E-state index in [0.29, 0.717) is 11.1 Å². The predicted molar refractivity (Wildman–Crippen MR) is 66.5 cm³/mol.